The van der Waals surface area contributed by atoms with Crippen LogP contribution in [0.25, 0.3) is 39.3 Å². The molecule has 3 aromatic heterocycles. The van der Waals surface area contributed by atoms with Crippen LogP contribution in [0.2, 0.25) is 10.0 Å². The van der Waals surface area contributed by atoms with Crippen LogP contribution in [0.1, 0.15) is 41.5 Å². The van der Waals surface area contributed by atoms with Crippen molar-refractivity contribution in [1.29, 1.82) is 0 Å². The summed E-state index contributed by atoms with van der Waals surface area (Å²) in [5.74, 6) is -0.0703. The molecule has 0 saturated carbocycles. The fourth-order valence-corrected chi connectivity index (χ4v) is 6.47. The smallest absolute Gasteiger partial charge is 0.269 e. The van der Waals surface area contributed by atoms with Gasteiger partial charge >= 0.3 is 0 Å². The fourth-order valence-electron chi connectivity index (χ4n) is 5.83. The van der Waals surface area contributed by atoms with E-state index in [2.05, 4.69) is 15.6 Å². The number of amides is 2. The van der Waals surface area contributed by atoms with E-state index in [1.54, 1.807) is 23.8 Å². The lowest BCUT2D eigenvalue weighted by atomic mass is 9.98. The van der Waals surface area contributed by atoms with Gasteiger partial charge in [0.2, 0.25) is 11.8 Å². The maximum Gasteiger partial charge on any atom is 0.269 e. The van der Waals surface area contributed by atoms with Crippen molar-refractivity contribution in [3.05, 3.63) is 87.7 Å². The molecular formula is C34H34Cl2N8O3. The van der Waals surface area contributed by atoms with Gasteiger partial charge in [-0.3, -0.25) is 9.59 Å². The van der Waals surface area contributed by atoms with Gasteiger partial charge in [0.15, 0.2) is 11.3 Å². The minimum absolute atomic E-state index is 0.0898. The number of primary amides is 1. The topological polar surface area (TPSA) is 163 Å². The zero-order valence-corrected chi connectivity index (χ0v) is 27.4. The van der Waals surface area contributed by atoms with Crippen molar-refractivity contribution in [2.24, 2.45) is 11.5 Å². The Morgan fingerprint density at radius 3 is 2.30 bits per heavy atom. The quantitative estimate of drug-likeness (QED) is 0.156. The van der Waals surface area contributed by atoms with Crippen LogP contribution in [0.5, 0.6) is 5.88 Å². The number of ether oxygens (including phenoxy) is 1. The number of hydrogen-bond donors (Lipinski definition) is 4. The number of nitrogens with zero attached hydrogens (tertiary/aromatic N) is 4. The molecule has 2 aromatic carbocycles. The Hall–Kier alpha value is -4.55. The molecule has 1 aliphatic heterocycles. The second-order valence-electron chi connectivity index (χ2n) is 11.6. The summed E-state index contributed by atoms with van der Waals surface area (Å²) in [5, 5.41) is 12.1. The third-order valence-electron chi connectivity index (χ3n) is 8.08. The molecule has 47 heavy (non-hydrogen) atoms. The van der Waals surface area contributed by atoms with Crippen molar-refractivity contribution >= 4 is 40.7 Å². The van der Waals surface area contributed by atoms with Gasteiger partial charge in [0.25, 0.3) is 5.91 Å². The lowest BCUT2D eigenvalue weighted by molar-refractivity contribution is -0.119. The SMILES string of the molecule is COc1nc(-c2cccc(-c3cccc(-c4ccc5nc(C(N)=O)c(C[C@H](C)N)n5n4)c3Cl)c2Cl)ccc1CNC[C@H]1CCC(=O)N1. The summed E-state index contributed by atoms with van der Waals surface area (Å²) in [6.45, 7) is 3.04. The molecule has 0 aliphatic carbocycles. The highest BCUT2D eigenvalue weighted by molar-refractivity contribution is 6.39. The van der Waals surface area contributed by atoms with Crippen LogP contribution in [0.4, 0.5) is 0 Å². The molecule has 13 heteroatoms. The van der Waals surface area contributed by atoms with E-state index >= 15 is 0 Å². The second kappa shape index (κ2) is 13.7. The van der Waals surface area contributed by atoms with Crippen LogP contribution in [-0.4, -0.2) is 57.1 Å². The van der Waals surface area contributed by atoms with E-state index in [1.165, 1.54) is 0 Å². The highest BCUT2D eigenvalue weighted by Crippen LogP contribution is 2.42. The number of hydrogen-bond acceptors (Lipinski definition) is 8. The van der Waals surface area contributed by atoms with Gasteiger partial charge in [-0.15, -0.1) is 0 Å². The third kappa shape index (κ3) is 6.66. The lowest BCUT2D eigenvalue weighted by Crippen LogP contribution is -2.35. The number of aromatic nitrogens is 4. The Balaban J connectivity index is 1.31. The van der Waals surface area contributed by atoms with Crippen molar-refractivity contribution in [1.82, 2.24) is 30.2 Å². The Labute approximate surface area is 281 Å². The molecule has 6 rings (SSSR count). The Morgan fingerprint density at radius 2 is 1.68 bits per heavy atom. The number of benzene rings is 2. The molecule has 6 N–H and O–H groups in total. The molecule has 5 aromatic rings. The average Bonchev–Trinajstić information content (AvgIpc) is 3.64. The zero-order chi connectivity index (χ0) is 33.2. The maximum absolute atomic E-state index is 12.1. The largest absolute Gasteiger partial charge is 0.481 e. The van der Waals surface area contributed by atoms with E-state index in [4.69, 9.17) is 49.5 Å². The highest BCUT2D eigenvalue weighted by atomic mass is 35.5. The highest BCUT2D eigenvalue weighted by Gasteiger charge is 2.22. The van der Waals surface area contributed by atoms with E-state index in [-0.39, 0.29) is 23.7 Å². The van der Waals surface area contributed by atoms with Crippen LogP contribution in [-0.2, 0) is 17.8 Å². The van der Waals surface area contributed by atoms with Crippen LogP contribution in [0, 0.1) is 0 Å². The first-order valence-electron chi connectivity index (χ1n) is 15.2. The van der Waals surface area contributed by atoms with E-state index in [0.717, 1.165) is 23.1 Å². The molecule has 2 atom stereocenters. The number of carbonyl (C=O) groups excluding carboxylic acids is 2. The van der Waals surface area contributed by atoms with Gasteiger partial charge in [-0.05, 0) is 31.5 Å². The number of rotatable bonds is 11. The van der Waals surface area contributed by atoms with Gasteiger partial charge in [0, 0.05) is 65.8 Å². The number of imidazole rings is 1. The lowest BCUT2D eigenvalue weighted by Gasteiger charge is -2.15. The van der Waals surface area contributed by atoms with Gasteiger partial charge in [0.1, 0.15) is 0 Å². The predicted molar refractivity (Wildman–Crippen MR) is 182 cm³/mol. The maximum atomic E-state index is 12.1. The van der Waals surface area contributed by atoms with Crippen molar-refractivity contribution in [3.63, 3.8) is 0 Å². The summed E-state index contributed by atoms with van der Waals surface area (Å²) < 4.78 is 7.23. The Kier molecular flexibility index (Phi) is 9.42. The van der Waals surface area contributed by atoms with Crippen LogP contribution in [0.15, 0.2) is 60.7 Å². The number of nitrogens with two attached hydrogens (primary N) is 2. The van der Waals surface area contributed by atoms with Crippen molar-refractivity contribution in [3.8, 4) is 39.5 Å². The van der Waals surface area contributed by atoms with Gasteiger partial charge < -0.3 is 26.8 Å². The van der Waals surface area contributed by atoms with Gasteiger partial charge in [-0.2, -0.15) is 5.10 Å². The van der Waals surface area contributed by atoms with Crippen LogP contribution in [0.3, 0.4) is 0 Å². The van der Waals surface area contributed by atoms with Crippen molar-refractivity contribution in [2.45, 2.75) is 44.8 Å². The molecule has 11 nitrogen and oxygen atoms in total. The number of pyridine rings is 1. The molecule has 1 saturated heterocycles. The van der Waals surface area contributed by atoms with Gasteiger partial charge in [-0.25, -0.2) is 14.5 Å². The summed E-state index contributed by atoms with van der Waals surface area (Å²) in [6, 6.07) is 18.7. The number of fused-ring (bicyclic) bond motifs is 1. The normalized spacial score (nSPS) is 15.2. The molecule has 2 amide bonds. The van der Waals surface area contributed by atoms with Crippen LogP contribution >= 0.6 is 23.2 Å². The third-order valence-corrected chi connectivity index (χ3v) is 8.90. The molecule has 0 bridgehead atoms. The Bertz CT molecular complexity index is 1990. The zero-order valence-electron chi connectivity index (χ0n) is 25.9. The molecule has 0 spiro atoms. The first-order chi connectivity index (χ1) is 22.6. The molecule has 4 heterocycles. The summed E-state index contributed by atoms with van der Waals surface area (Å²) >= 11 is 14.1. The standard InChI is InChI=1S/C34H34Cl2N8O3/c1-18(37)15-27-32(33(38)46)42-28-13-12-26(43-44(27)28)24-8-4-6-22(31(24)36)21-5-3-7-23(30(21)35)25-11-9-19(34(41-25)47-2)16-39-17-20-10-14-29(45)40-20/h3-9,11-13,18,20,39H,10,14-17,37H2,1-2H3,(H2,38,46)(H,40,45)/t18-,20+/m0/s1. The van der Waals surface area contributed by atoms with E-state index < -0.39 is 5.91 Å². The summed E-state index contributed by atoms with van der Waals surface area (Å²) in [7, 11) is 1.58. The first kappa shape index (κ1) is 32.4. The number of methoxy groups -OCH3 is 1. The molecule has 242 valence electrons. The minimum atomic E-state index is -0.642. The van der Waals surface area contributed by atoms with E-state index in [1.807, 2.05) is 55.5 Å². The monoisotopic (exact) mass is 672 g/mol. The first-order valence-corrected chi connectivity index (χ1v) is 16.0. The number of nitrogens with one attached hydrogen (secondary N) is 2. The summed E-state index contributed by atoms with van der Waals surface area (Å²) in [5.41, 5.74) is 17.7. The van der Waals surface area contributed by atoms with Gasteiger partial charge in [-0.1, -0.05) is 65.7 Å². The number of halogens is 2. The minimum Gasteiger partial charge on any atom is -0.481 e. The van der Waals surface area contributed by atoms with Crippen molar-refractivity contribution < 1.29 is 14.3 Å². The second-order valence-corrected chi connectivity index (χ2v) is 12.3. The van der Waals surface area contributed by atoms with E-state index in [0.29, 0.717) is 75.7 Å². The van der Waals surface area contributed by atoms with E-state index in [9.17, 15) is 9.59 Å². The number of carbonyl (C=O) groups is 2. The molecular weight excluding hydrogens is 639 g/mol. The van der Waals surface area contributed by atoms with Gasteiger partial charge in [0.05, 0.1) is 34.2 Å². The fraction of sp³-hybridized carbons (Fsp3) is 0.265. The average molecular weight is 674 g/mol. The Morgan fingerprint density at radius 1 is 1.02 bits per heavy atom. The molecule has 1 fully saturated rings. The summed E-state index contributed by atoms with van der Waals surface area (Å²) in [6.07, 6.45) is 1.75. The summed E-state index contributed by atoms with van der Waals surface area (Å²) in [4.78, 5) is 32.8. The molecule has 0 radical (unpaired) electrons. The van der Waals surface area contributed by atoms with Crippen LogP contribution < -0.4 is 26.8 Å². The molecule has 0 unspecified atom stereocenters. The van der Waals surface area contributed by atoms with Crippen molar-refractivity contribution in [2.75, 3.05) is 13.7 Å². The predicted octanol–water partition coefficient (Wildman–Crippen LogP) is 4.80. The molecule has 1 aliphatic rings.